The molecule has 0 unspecified atom stereocenters. The highest BCUT2D eigenvalue weighted by Gasteiger charge is 2.33. The van der Waals surface area contributed by atoms with Crippen molar-refractivity contribution < 1.29 is 22.7 Å². The summed E-state index contributed by atoms with van der Waals surface area (Å²) in [6, 6.07) is 8.78. The molecule has 0 spiro atoms. The Morgan fingerprint density at radius 1 is 1.06 bits per heavy atom. The number of carbonyl (C=O) groups is 2. The molecule has 2 aromatic carbocycles. The molecule has 0 amide bonds. The van der Waals surface area contributed by atoms with E-state index in [2.05, 4.69) is 4.40 Å². The molecule has 31 heavy (non-hydrogen) atoms. The third kappa shape index (κ3) is 4.46. The van der Waals surface area contributed by atoms with Crippen LogP contribution in [0.15, 0.2) is 45.7 Å². The number of benzene rings is 2. The van der Waals surface area contributed by atoms with Crippen LogP contribution < -0.4 is 4.90 Å². The number of hydrogen-bond acceptors (Lipinski definition) is 6. The van der Waals surface area contributed by atoms with Gasteiger partial charge in [0.2, 0.25) is 0 Å². The average Bonchev–Trinajstić information content (AvgIpc) is 2.96. The first-order valence-corrected chi connectivity index (χ1v) is 11.9. The number of rotatable bonds is 4. The molecule has 2 aliphatic heterocycles. The molecular formula is C21H18Cl2N2O5S. The van der Waals surface area contributed by atoms with Crippen LogP contribution in [0.3, 0.4) is 0 Å². The molecule has 0 atom stereocenters. The number of anilines is 1. The molecule has 10 heteroatoms. The van der Waals surface area contributed by atoms with Crippen molar-refractivity contribution >= 4 is 56.5 Å². The maximum Gasteiger partial charge on any atom is 0.340 e. The lowest BCUT2D eigenvalue weighted by molar-refractivity contribution is 0.0474. The number of nitrogens with zero attached hydrogens (tertiary/aromatic N) is 2. The number of halogens is 2. The Morgan fingerprint density at radius 2 is 1.81 bits per heavy atom. The summed E-state index contributed by atoms with van der Waals surface area (Å²) in [7, 11) is -3.98. The molecule has 0 saturated carbocycles. The average molecular weight is 481 g/mol. The van der Waals surface area contributed by atoms with E-state index in [9.17, 15) is 18.0 Å². The number of fused-ring (bicyclic) bond motifs is 3. The van der Waals surface area contributed by atoms with Gasteiger partial charge in [-0.15, -0.1) is 4.40 Å². The van der Waals surface area contributed by atoms with E-state index in [0.717, 1.165) is 19.3 Å². The first kappa shape index (κ1) is 21.8. The smallest absolute Gasteiger partial charge is 0.340 e. The van der Waals surface area contributed by atoms with Gasteiger partial charge in [0, 0.05) is 23.6 Å². The van der Waals surface area contributed by atoms with Crippen molar-refractivity contribution in [1.29, 1.82) is 0 Å². The number of sulfonamides is 1. The van der Waals surface area contributed by atoms with Crippen LogP contribution >= 0.6 is 23.2 Å². The van der Waals surface area contributed by atoms with Crippen LogP contribution in [-0.4, -0.2) is 39.2 Å². The largest absolute Gasteiger partial charge is 0.454 e. The fourth-order valence-corrected chi connectivity index (χ4v) is 5.21. The van der Waals surface area contributed by atoms with Gasteiger partial charge in [-0.3, -0.25) is 4.79 Å². The Bertz CT molecular complexity index is 1190. The van der Waals surface area contributed by atoms with Crippen molar-refractivity contribution in [1.82, 2.24) is 0 Å². The van der Waals surface area contributed by atoms with Crippen LogP contribution in [0.1, 0.15) is 46.4 Å². The first-order chi connectivity index (χ1) is 14.8. The third-order valence-electron chi connectivity index (χ3n) is 5.16. The summed E-state index contributed by atoms with van der Waals surface area (Å²) < 4.78 is 34.5. The van der Waals surface area contributed by atoms with Gasteiger partial charge in [-0.25, -0.2) is 4.79 Å². The summed E-state index contributed by atoms with van der Waals surface area (Å²) in [5, 5.41) is 0.522. The topological polar surface area (TPSA) is 93.1 Å². The van der Waals surface area contributed by atoms with Gasteiger partial charge in [0.1, 0.15) is 10.7 Å². The van der Waals surface area contributed by atoms with Gasteiger partial charge in [0.05, 0.1) is 16.3 Å². The summed E-state index contributed by atoms with van der Waals surface area (Å²) in [5.74, 6) is -0.827. The van der Waals surface area contributed by atoms with Crippen LogP contribution in [0.4, 0.5) is 5.69 Å². The molecule has 1 fully saturated rings. The number of carbonyl (C=O) groups excluding carboxylic acids is 2. The van der Waals surface area contributed by atoms with Crippen LogP contribution in [-0.2, 0) is 14.8 Å². The highest BCUT2D eigenvalue weighted by molar-refractivity contribution is 7.90. The molecular weight excluding hydrogens is 463 g/mol. The zero-order chi connectivity index (χ0) is 22.2. The predicted molar refractivity (Wildman–Crippen MR) is 118 cm³/mol. The monoisotopic (exact) mass is 480 g/mol. The lowest BCUT2D eigenvalue weighted by Crippen LogP contribution is -2.35. The number of amidine groups is 1. The van der Waals surface area contributed by atoms with E-state index in [1.165, 1.54) is 24.3 Å². The fourth-order valence-electron chi connectivity index (χ4n) is 3.58. The first-order valence-electron chi connectivity index (χ1n) is 9.67. The van der Waals surface area contributed by atoms with Crippen molar-refractivity contribution in [3.63, 3.8) is 0 Å². The molecule has 1 saturated heterocycles. The Labute approximate surface area is 189 Å². The van der Waals surface area contributed by atoms with Crippen molar-refractivity contribution in [2.75, 3.05) is 18.1 Å². The zero-order valence-corrected chi connectivity index (χ0v) is 18.6. The molecule has 0 aromatic heterocycles. The molecule has 2 heterocycles. The minimum absolute atomic E-state index is 0.0448. The van der Waals surface area contributed by atoms with E-state index in [-0.39, 0.29) is 15.5 Å². The molecule has 2 aliphatic rings. The molecule has 0 N–H and O–H groups in total. The maximum absolute atomic E-state index is 12.7. The Kier molecular flexibility index (Phi) is 6.05. The van der Waals surface area contributed by atoms with Crippen LogP contribution in [0.25, 0.3) is 0 Å². The maximum atomic E-state index is 12.7. The number of ether oxygens (including phenoxy) is 1. The van der Waals surface area contributed by atoms with E-state index >= 15 is 0 Å². The van der Waals surface area contributed by atoms with Crippen LogP contribution in [0.2, 0.25) is 10.0 Å². The molecule has 4 rings (SSSR count). The van der Waals surface area contributed by atoms with E-state index in [4.69, 9.17) is 27.9 Å². The molecule has 0 aliphatic carbocycles. The van der Waals surface area contributed by atoms with E-state index in [1.54, 1.807) is 12.1 Å². The SMILES string of the molecule is O=C(COC(=O)c1cc2c(cc1Cl)N1CCCCCC1=NS2(=O)=O)c1ccc(Cl)cc1. The molecule has 0 bridgehead atoms. The minimum atomic E-state index is -3.98. The lowest BCUT2D eigenvalue weighted by atomic mass is 10.1. The molecule has 7 nitrogen and oxygen atoms in total. The van der Waals surface area contributed by atoms with Gasteiger partial charge < -0.3 is 9.64 Å². The van der Waals surface area contributed by atoms with Crippen molar-refractivity contribution in [2.45, 2.75) is 30.6 Å². The number of esters is 1. The van der Waals surface area contributed by atoms with Crippen molar-refractivity contribution in [3.8, 4) is 0 Å². The summed E-state index contributed by atoms with van der Waals surface area (Å²) in [6.45, 7) is 0.103. The second-order valence-corrected chi connectivity index (χ2v) is 9.67. The van der Waals surface area contributed by atoms with Crippen LogP contribution in [0.5, 0.6) is 0 Å². The zero-order valence-electron chi connectivity index (χ0n) is 16.3. The van der Waals surface area contributed by atoms with Crippen molar-refractivity contribution in [3.05, 3.63) is 57.6 Å². The quantitative estimate of drug-likeness (QED) is 0.471. The van der Waals surface area contributed by atoms with E-state index in [0.29, 0.717) is 35.1 Å². The van der Waals surface area contributed by atoms with E-state index < -0.39 is 28.4 Å². The fraction of sp³-hybridized carbons (Fsp3) is 0.286. The highest BCUT2D eigenvalue weighted by Crippen LogP contribution is 2.38. The second kappa shape index (κ2) is 8.61. The number of ketones is 1. The Hall–Kier alpha value is -2.42. The summed E-state index contributed by atoms with van der Waals surface area (Å²) >= 11 is 12.1. The van der Waals surface area contributed by atoms with Gasteiger partial charge >= 0.3 is 5.97 Å². The molecule has 162 valence electrons. The molecule has 2 aromatic rings. The Balaban J connectivity index is 1.59. The normalized spacial score (nSPS) is 17.1. The Morgan fingerprint density at radius 3 is 2.55 bits per heavy atom. The minimum Gasteiger partial charge on any atom is -0.454 e. The van der Waals surface area contributed by atoms with Gasteiger partial charge in [0.25, 0.3) is 10.0 Å². The predicted octanol–water partition coefficient (Wildman–Crippen LogP) is 4.51. The molecule has 0 radical (unpaired) electrons. The van der Waals surface area contributed by atoms with Crippen molar-refractivity contribution in [2.24, 2.45) is 4.40 Å². The van der Waals surface area contributed by atoms with Gasteiger partial charge in [-0.05, 0) is 49.2 Å². The number of hydrogen-bond donors (Lipinski definition) is 0. The number of Topliss-reactive ketones (excluding diaryl/α,β-unsaturated/α-hetero) is 1. The summed E-state index contributed by atoms with van der Waals surface area (Å²) in [4.78, 5) is 26.5. The lowest BCUT2D eigenvalue weighted by Gasteiger charge is -2.30. The van der Waals surface area contributed by atoms with Gasteiger partial charge in [-0.2, -0.15) is 8.42 Å². The standard InChI is InChI=1S/C21H18Cl2N2O5S/c22-14-7-5-13(6-8-14)18(26)12-30-21(27)15-10-19-17(11-16(15)23)25-9-3-1-2-4-20(25)24-31(19,28)29/h5-8,10-11H,1-4,9,12H2. The third-order valence-corrected chi connectivity index (χ3v) is 7.06. The van der Waals surface area contributed by atoms with E-state index in [1.807, 2.05) is 4.90 Å². The summed E-state index contributed by atoms with van der Waals surface area (Å²) in [6.07, 6.45) is 3.30. The van der Waals surface area contributed by atoms with Crippen LogP contribution in [0, 0.1) is 0 Å². The highest BCUT2D eigenvalue weighted by atomic mass is 35.5. The van der Waals surface area contributed by atoms with Gasteiger partial charge in [0.15, 0.2) is 12.4 Å². The summed E-state index contributed by atoms with van der Waals surface area (Å²) in [5.41, 5.74) is 0.603. The second-order valence-electron chi connectivity index (χ2n) is 7.25. The van der Waals surface area contributed by atoms with Gasteiger partial charge in [-0.1, -0.05) is 29.6 Å².